The summed E-state index contributed by atoms with van der Waals surface area (Å²) >= 11 is 0. The molecule has 0 radical (unpaired) electrons. The maximum Gasteiger partial charge on any atom is 0.224 e. The van der Waals surface area contributed by atoms with Gasteiger partial charge in [-0.3, -0.25) is 9.78 Å². The number of aryl methyl sites for hydroxylation is 1. The van der Waals surface area contributed by atoms with Gasteiger partial charge in [-0.05, 0) is 19.1 Å². The number of fused-ring (bicyclic) bond motifs is 1. The van der Waals surface area contributed by atoms with Crippen LogP contribution in [0.3, 0.4) is 0 Å². The quantitative estimate of drug-likeness (QED) is 0.780. The number of furan rings is 1. The van der Waals surface area contributed by atoms with Gasteiger partial charge >= 0.3 is 0 Å². The van der Waals surface area contributed by atoms with Crippen LogP contribution in [0.4, 0.5) is 5.69 Å². The Morgan fingerprint density at radius 1 is 1.32 bits per heavy atom. The van der Waals surface area contributed by atoms with Crippen molar-refractivity contribution in [1.82, 2.24) is 4.98 Å². The molecular weight excluding hydrogens is 280 g/mol. The van der Waals surface area contributed by atoms with Gasteiger partial charge in [0.15, 0.2) is 11.3 Å². The molecule has 3 rings (SSSR count). The van der Waals surface area contributed by atoms with Gasteiger partial charge in [-0.1, -0.05) is 13.0 Å². The van der Waals surface area contributed by atoms with Crippen molar-refractivity contribution in [1.29, 1.82) is 0 Å². The van der Waals surface area contributed by atoms with E-state index >= 15 is 0 Å². The number of benzene rings is 1. The molecule has 0 aliphatic rings. The van der Waals surface area contributed by atoms with Crippen LogP contribution >= 0.6 is 0 Å². The number of aromatic nitrogens is 1. The van der Waals surface area contributed by atoms with Crippen molar-refractivity contribution in [3.63, 3.8) is 0 Å². The third kappa shape index (κ3) is 2.93. The molecule has 0 atom stereocenters. The third-order valence-corrected chi connectivity index (χ3v) is 3.17. The van der Waals surface area contributed by atoms with E-state index in [1.807, 2.05) is 38.1 Å². The highest BCUT2D eigenvalue weighted by Gasteiger charge is 2.10. The first-order valence-corrected chi connectivity index (χ1v) is 7.08. The number of nitrogens with one attached hydrogen (secondary N) is 1. The van der Waals surface area contributed by atoms with Crippen LogP contribution in [0.15, 0.2) is 47.0 Å². The van der Waals surface area contributed by atoms with E-state index in [9.17, 15) is 4.79 Å². The molecule has 112 valence electrons. The van der Waals surface area contributed by atoms with Gasteiger partial charge in [0.2, 0.25) is 5.91 Å². The predicted octanol–water partition coefficient (Wildman–Crippen LogP) is 4.28. The predicted molar refractivity (Wildman–Crippen MR) is 84.2 cm³/mol. The average Bonchev–Trinajstić information content (AvgIpc) is 2.89. The Bertz CT molecular complexity index is 824. The Labute approximate surface area is 127 Å². The summed E-state index contributed by atoms with van der Waals surface area (Å²) in [6.07, 6.45) is 2.11. The fraction of sp³-hybridized carbons (Fsp3) is 0.176. The smallest absolute Gasteiger partial charge is 0.224 e. The van der Waals surface area contributed by atoms with Crippen LogP contribution in [0.2, 0.25) is 0 Å². The molecule has 0 bridgehead atoms. The normalized spacial score (nSPS) is 10.6. The number of pyridine rings is 1. The standard InChI is InChI=1S/C17H16N2O3/c1-3-16(20)19-12-5-4-6-13(10-12)22-15-7-8-18-14-9-11(2)21-17(14)15/h4-10H,3H2,1-2H3,(H,19,20). The zero-order valence-corrected chi connectivity index (χ0v) is 12.4. The molecule has 2 heterocycles. The largest absolute Gasteiger partial charge is 0.456 e. The number of carbonyl (C=O) groups excluding carboxylic acids is 1. The molecule has 2 aromatic heterocycles. The highest BCUT2D eigenvalue weighted by Crippen LogP contribution is 2.31. The summed E-state index contributed by atoms with van der Waals surface area (Å²) in [5.74, 6) is 1.96. The Morgan fingerprint density at radius 3 is 3.00 bits per heavy atom. The summed E-state index contributed by atoms with van der Waals surface area (Å²) in [7, 11) is 0. The molecule has 0 fully saturated rings. The number of amides is 1. The fourth-order valence-corrected chi connectivity index (χ4v) is 2.13. The summed E-state index contributed by atoms with van der Waals surface area (Å²) < 4.78 is 11.5. The first kappa shape index (κ1) is 14.1. The van der Waals surface area contributed by atoms with Crippen LogP contribution < -0.4 is 10.1 Å². The summed E-state index contributed by atoms with van der Waals surface area (Å²) in [6.45, 7) is 3.68. The third-order valence-electron chi connectivity index (χ3n) is 3.17. The van der Waals surface area contributed by atoms with Gasteiger partial charge in [0.25, 0.3) is 0 Å². The summed E-state index contributed by atoms with van der Waals surface area (Å²) in [4.78, 5) is 15.7. The Hall–Kier alpha value is -2.82. The Kier molecular flexibility index (Phi) is 3.78. The topological polar surface area (TPSA) is 64.4 Å². The van der Waals surface area contributed by atoms with E-state index in [2.05, 4.69) is 10.3 Å². The number of nitrogens with zero attached hydrogens (tertiary/aromatic N) is 1. The van der Waals surface area contributed by atoms with Crippen molar-refractivity contribution >= 4 is 22.7 Å². The molecular formula is C17H16N2O3. The van der Waals surface area contributed by atoms with E-state index < -0.39 is 0 Å². The van der Waals surface area contributed by atoms with Crippen LogP contribution in [0.1, 0.15) is 19.1 Å². The van der Waals surface area contributed by atoms with E-state index in [-0.39, 0.29) is 5.91 Å². The lowest BCUT2D eigenvalue weighted by atomic mass is 10.3. The summed E-state index contributed by atoms with van der Waals surface area (Å²) in [6, 6.07) is 10.9. The van der Waals surface area contributed by atoms with Crippen molar-refractivity contribution in [2.45, 2.75) is 20.3 Å². The first-order chi connectivity index (χ1) is 10.7. The highest BCUT2D eigenvalue weighted by molar-refractivity contribution is 5.90. The van der Waals surface area contributed by atoms with Gasteiger partial charge in [-0.25, -0.2) is 0 Å². The summed E-state index contributed by atoms with van der Waals surface area (Å²) in [5, 5.41) is 2.80. The second-order valence-electron chi connectivity index (χ2n) is 4.91. The first-order valence-electron chi connectivity index (χ1n) is 7.08. The monoisotopic (exact) mass is 296 g/mol. The molecule has 1 amide bonds. The van der Waals surface area contributed by atoms with E-state index in [1.54, 1.807) is 18.3 Å². The molecule has 5 nitrogen and oxygen atoms in total. The maximum atomic E-state index is 11.5. The second kappa shape index (κ2) is 5.89. The zero-order chi connectivity index (χ0) is 15.5. The fourth-order valence-electron chi connectivity index (χ4n) is 2.13. The number of hydrogen-bond acceptors (Lipinski definition) is 4. The molecule has 0 aliphatic heterocycles. The van der Waals surface area contributed by atoms with Crippen molar-refractivity contribution in [3.05, 3.63) is 48.4 Å². The minimum absolute atomic E-state index is 0.0369. The van der Waals surface area contributed by atoms with Gasteiger partial charge in [0, 0.05) is 36.5 Å². The molecule has 1 aromatic carbocycles. The van der Waals surface area contributed by atoms with Crippen LogP contribution in [0.25, 0.3) is 11.1 Å². The molecule has 5 heteroatoms. The molecule has 0 aliphatic carbocycles. The van der Waals surface area contributed by atoms with E-state index in [0.717, 1.165) is 11.3 Å². The Morgan fingerprint density at radius 2 is 2.18 bits per heavy atom. The van der Waals surface area contributed by atoms with Crippen molar-refractivity contribution < 1.29 is 13.9 Å². The van der Waals surface area contributed by atoms with Crippen molar-refractivity contribution in [2.24, 2.45) is 0 Å². The van der Waals surface area contributed by atoms with Gasteiger partial charge in [-0.2, -0.15) is 0 Å². The lowest BCUT2D eigenvalue weighted by Crippen LogP contribution is -2.09. The van der Waals surface area contributed by atoms with Crippen LogP contribution in [-0.2, 0) is 4.79 Å². The minimum Gasteiger partial charge on any atom is -0.456 e. The number of rotatable bonds is 4. The van der Waals surface area contributed by atoms with E-state index in [1.165, 1.54) is 0 Å². The number of anilines is 1. The van der Waals surface area contributed by atoms with Gasteiger partial charge < -0.3 is 14.5 Å². The molecule has 0 saturated carbocycles. The molecule has 1 N–H and O–H groups in total. The minimum atomic E-state index is -0.0369. The molecule has 0 spiro atoms. The van der Waals surface area contributed by atoms with Crippen molar-refractivity contribution in [3.8, 4) is 11.5 Å². The average molecular weight is 296 g/mol. The van der Waals surface area contributed by atoms with E-state index in [4.69, 9.17) is 9.15 Å². The Balaban J connectivity index is 1.88. The second-order valence-corrected chi connectivity index (χ2v) is 4.91. The number of hydrogen-bond donors (Lipinski definition) is 1. The molecule has 0 unspecified atom stereocenters. The summed E-state index contributed by atoms with van der Waals surface area (Å²) in [5.41, 5.74) is 2.07. The lowest BCUT2D eigenvalue weighted by Gasteiger charge is -2.08. The highest BCUT2D eigenvalue weighted by atomic mass is 16.5. The van der Waals surface area contributed by atoms with Gasteiger partial charge in [0.1, 0.15) is 17.0 Å². The molecule has 0 saturated heterocycles. The SMILES string of the molecule is CCC(=O)Nc1cccc(Oc2ccnc3cc(C)oc23)c1. The van der Waals surface area contributed by atoms with Crippen LogP contribution in [0.5, 0.6) is 11.5 Å². The van der Waals surface area contributed by atoms with Gasteiger partial charge in [-0.15, -0.1) is 0 Å². The maximum absolute atomic E-state index is 11.5. The lowest BCUT2D eigenvalue weighted by molar-refractivity contribution is -0.115. The molecule has 22 heavy (non-hydrogen) atoms. The molecule has 3 aromatic rings. The zero-order valence-electron chi connectivity index (χ0n) is 12.4. The van der Waals surface area contributed by atoms with Gasteiger partial charge in [0.05, 0.1) is 0 Å². The van der Waals surface area contributed by atoms with Crippen molar-refractivity contribution in [2.75, 3.05) is 5.32 Å². The number of carbonyl (C=O) groups is 1. The van der Waals surface area contributed by atoms with Crippen LogP contribution in [0, 0.1) is 6.92 Å². The van der Waals surface area contributed by atoms with E-state index in [0.29, 0.717) is 29.2 Å². The number of ether oxygens (including phenoxy) is 1. The van der Waals surface area contributed by atoms with Crippen LogP contribution in [-0.4, -0.2) is 10.9 Å².